The molecule has 9 heteroatoms. The fraction of sp³-hybridized carbons (Fsp3) is 0.885. The van der Waals surface area contributed by atoms with E-state index in [1.807, 2.05) is 0 Å². The second kappa shape index (κ2) is 54.4. The van der Waals surface area contributed by atoms with E-state index in [2.05, 4.69) is 61.8 Å². The number of ether oxygens (including phenoxy) is 2. The van der Waals surface area contributed by atoms with E-state index in [-0.39, 0.29) is 6.10 Å². The number of unbranched alkanes of at least 4 members (excludes halogenated alkanes) is 34. The lowest BCUT2D eigenvalue weighted by molar-refractivity contribution is -0.138. The molecule has 0 rings (SSSR count). The molecular formula is C61H116N2O7. The number of hydrogen-bond acceptors (Lipinski definition) is 7. The van der Waals surface area contributed by atoms with Crippen LogP contribution in [0.5, 0.6) is 0 Å². The predicted molar refractivity (Wildman–Crippen MR) is 298 cm³/mol. The lowest BCUT2D eigenvalue weighted by Gasteiger charge is -2.29. The Hall–Kier alpha value is -2.39. The zero-order valence-electron chi connectivity index (χ0n) is 46.7. The van der Waals surface area contributed by atoms with Crippen molar-refractivity contribution in [1.29, 1.82) is 0 Å². The molecule has 0 heterocycles. The fourth-order valence-corrected chi connectivity index (χ4v) is 9.53. The third-order valence-electron chi connectivity index (χ3n) is 14.3. The first kappa shape index (κ1) is 67.6. The molecule has 70 heavy (non-hydrogen) atoms. The van der Waals surface area contributed by atoms with Gasteiger partial charge in [-0.05, 0) is 117 Å². The Morgan fingerprint density at radius 2 is 0.714 bits per heavy atom. The van der Waals surface area contributed by atoms with Crippen LogP contribution in [-0.4, -0.2) is 89.6 Å². The van der Waals surface area contributed by atoms with E-state index in [1.165, 1.54) is 180 Å². The van der Waals surface area contributed by atoms with E-state index in [4.69, 9.17) is 19.7 Å². The van der Waals surface area contributed by atoms with E-state index in [9.17, 15) is 14.4 Å². The van der Waals surface area contributed by atoms with Crippen LogP contribution in [0.4, 0.5) is 4.79 Å². The molecule has 0 aromatic heterocycles. The van der Waals surface area contributed by atoms with Gasteiger partial charge in [0.2, 0.25) is 0 Å². The third-order valence-corrected chi connectivity index (χ3v) is 14.3. The second-order valence-corrected chi connectivity index (χ2v) is 21.0. The van der Waals surface area contributed by atoms with Gasteiger partial charge < -0.3 is 24.6 Å². The Balaban J connectivity index is 4.13. The number of likely N-dealkylation sites (N-methyl/N-ethyl adjacent to an activating group) is 1. The number of rotatable bonds is 56. The minimum Gasteiger partial charge on any atom is -0.481 e. The SMILES string of the molecule is CCN(CC)CCN(CCOC(=O)OC(CCCCCCCC/C=C\CCCCCCCC(=O)O)CCCCCCCCCCCCCCCCCCCC/C=C\CCCCCCCC(=O)O)C(C)C. The van der Waals surface area contributed by atoms with Crippen molar-refractivity contribution >= 4 is 18.1 Å². The van der Waals surface area contributed by atoms with Crippen LogP contribution < -0.4 is 0 Å². The highest BCUT2D eigenvalue weighted by molar-refractivity contribution is 5.66. The number of carbonyl (C=O) groups excluding carboxylic acids is 1. The number of carboxylic acid groups (broad SMARTS) is 2. The van der Waals surface area contributed by atoms with Gasteiger partial charge in [0.05, 0.1) is 0 Å². The number of carboxylic acids is 2. The fourth-order valence-electron chi connectivity index (χ4n) is 9.53. The van der Waals surface area contributed by atoms with Crippen LogP contribution in [0.2, 0.25) is 0 Å². The van der Waals surface area contributed by atoms with Gasteiger partial charge in [-0.25, -0.2) is 4.79 Å². The first-order valence-electron chi connectivity index (χ1n) is 30.2. The van der Waals surface area contributed by atoms with Gasteiger partial charge in [-0.2, -0.15) is 0 Å². The monoisotopic (exact) mass is 989 g/mol. The molecule has 0 saturated heterocycles. The Kier molecular flexibility index (Phi) is 52.5. The summed E-state index contributed by atoms with van der Waals surface area (Å²) in [6.07, 6.45) is 58.5. The third kappa shape index (κ3) is 51.9. The molecule has 412 valence electrons. The molecule has 0 bridgehead atoms. The zero-order chi connectivity index (χ0) is 51.2. The summed E-state index contributed by atoms with van der Waals surface area (Å²) in [5.74, 6) is -1.35. The van der Waals surface area contributed by atoms with Crippen LogP contribution in [0.15, 0.2) is 24.3 Å². The molecule has 0 aromatic rings. The zero-order valence-corrected chi connectivity index (χ0v) is 46.7. The van der Waals surface area contributed by atoms with Gasteiger partial charge in [0, 0.05) is 38.5 Å². The van der Waals surface area contributed by atoms with E-state index in [0.29, 0.717) is 25.5 Å². The molecular weight excluding hydrogens is 873 g/mol. The quantitative estimate of drug-likeness (QED) is 0.0349. The molecule has 2 N–H and O–H groups in total. The van der Waals surface area contributed by atoms with E-state index < -0.39 is 18.1 Å². The van der Waals surface area contributed by atoms with Crippen LogP contribution in [0.25, 0.3) is 0 Å². The molecule has 0 aromatic carbocycles. The molecule has 0 amide bonds. The van der Waals surface area contributed by atoms with E-state index in [1.54, 1.807) is 0 Å². The van der Waals surface area contributed by atoms with Gasteiger partial charge in [0.15, 0.2) is 0 Å². The molecule has 0 radical (unpaired) electrons. The summed E-state index contributed by atoms with van der Waals surface area (Å²) < 4.78 is 11.7. The number of nitrogens with zero attached hydrogens (tertiary/aromatic N) is 2. The summed E-state index contributed by atoms with van der Waals surface area (Å²) in [7, 11) is 0. The lowest BCUT2D eigenvalue weighted by Crippen LogP contribution is -2.40. The van der Waals surface area contributed by atoms with Crippen molar-refractivity contribution in [3.05, 3.63) is 24.3 Å². The molecule has 1 atom stereocenters. The van der Waals surface area contributed by atoms with Crippen LogP contribution in [0.1, 0.15) is 297 Å². The summed E-state index contributed by atoms with van der Waals surface area (Å²) >= 11 is 0. The largest absolute Gasteiger partial charge is 0.508 e. The minimum absolute atomic E-state index is 0.0485. The van der Waals surface area contributed by atoms with Crippen molar-refractivity contribution in [2.75, 3.05) is 39.3 Å². The lowest BCUT2D eigenvalue weighted by atomic mass is 10.0. The topological polar surface area (TPSA) is 117 Å². The maximum atomic E-state index is 12.9. The van der Waals surface area contributed by atoms with Crippen LogP contribution in [-0.2, 0) is 19.1 Å². The van der Waals surface area contributed by atoms with E-state index in [0.717, 1.165) is 110 Å². The minimum atomic E-state index is -0.681. The molecule has 0 aliphatic carbocycles. The maximum absolute atomic E-state index is 12.9. The highest BCUT2D eigenvalue weighted by Crippen LogP contribution is 2.20. The summed E-state index contributed by atoms with van der Waals surface area (Å²) in [4.78, 5) is 38.9. The summed E-state index contributed by atoms with van der Waals surface area (Å²) in [6, 6.07) is 0.402. The van der Waals surface area contributed by atoms with Gasteiger partial charge in [0.1, 0.15) is 12.7 Å². The molecule has 0 spiro atoms. The normalized spacial score (nSPS) is 12.4. The van der Waals surface area contributed by atoms with Gasteiger partial charge in [-0.15, -0.1) is 0 Å². The average Bonchev–Trinajstić information content (AvgIpc) is 3.33. The first-order valence-corrected chi connectivity index (χ1v) is 30.2. The molecule has 0 aliphatic heterocycles. The van der Waals surface area contributed by atoms with Crippen molar-refractivity contribution in [3.63, 3.8) is 0 Å². The van der Waals surface area contributed by atoms with Gasteiger partial charge in [0.25, 0.3) is 0 Å². The number of allylic oxidation sites excluding steroid dienone is 4. The van der Waals surface area contributed by atoms with Crippen molar-refractivity contribution in [2.45, 2.75) is 310 Å². The summed E-state index contributed by atoms with van der Waals surface area (Å²) in [5.41, 5.74) is 0. The van der Waals surface area contributed by atoms with Crippen LogP contribution in [0, 0.1) is 0 Å². The summed E-state index contributed by atoms with van der Waals surface area (Å²) in [5, 5.41) is 17.4. The van der Waals surface area contributed by atoms with Gasteiger partial charge in [-0.1, -0.05) is 205 Å². The standard InChI is InChI=1S/C61H116N2O7/c1-5-62(6-2)53-54-63(57(3)4)55-56-69-61(68)70-58(50-46-42-38-34-30-26-22-20-24-28-32-36-40-44-48-52-60(66)67)49-45-41-37-33-29-25-21-18-16-14-12-10-8-7-9-11-13-15-17-19-23-27-31-35-39-43-47-51-59(64)65/h19-20,23-24,57-58H,5-18,21-22,25-56H2,1-4H3,(H,64,65)(H,66,67)/b23-19-,24-20-. The molecule has 9 nitrogen and oxygen atoms in total. The Morgan fingerprint density at radius 1 is 0.414 bits per heavy atom. The van der Waals surface area contributed by atoms with Crippen molar-refractivity contribution in [3.8, 4) is 0 Å². The Bertz CT molecular complexity index is 1190. The molecule has 0 aliphatic rings. The van der Waals surface area contributed by atoms with Crippen LogP contribution >= 0.6 is 0 Å². The number of hydrogen-bond donors (Lipinski definition) is 2. The highest BCUT2D eigenvalue weighted by atomic mass is 16.7. The van der Waals surface area contributed by atoms with Gasteiger partial charge in [-0.3, -0.25) is 14.5 Å². The average molecular weight is 990 g/mol. The van der Waals surface area contributed by atoms with Crippen molar-refractivity contribution < 1.29 is 34.1 Å². The molecule has 0 saturated carbocycles. The predicted octanol–water partition coefficient (Wildman–Crippen LogP) is 18.2. The number of carbonyl (C=O) groups is 3. The second-order valence-electron chi connectivity index (χ2n) is 21.0. The highest BCUT2D eigenvalue weighted by Gasteiger charge is 2.17. The van der Waals surface area contributed by atoms with Gasteiger partial charge >= 0.3 is 18.1 Å². The van der Waals surface area contributed by atoms with Crippen LogP contribution in [0.3, 0.4) is 0 Å². The first-order chi connectivity index (χ1) is 34.2. The Labute approximate surface area is 433 Å². The molecule has 1 unspecified atom stereocenters. The number of aliphatic carboxylic acids is 2. The molecule has 0 fully saturated rings. The Morgan fingerprint density at radius 3 is 1.01 bits per heavy atom. The van der Waals surface area contributed by atoms with Crippen molar-refractivity contribution in [2.24, 2.45) is 0 Å². The summed E-state index contributed by atoms with van der Waals surface area (Å²) in [6.45, 7) is 14.1. The van der Waals surface area contributed by atoms with Crippen molar-refractivity contribution in [1.82, 2.24) is 9.80 Å². The smallest absolute Gasteiger partial charge is 0.481 e. The van der Waals surface area contributed by atoms with E-state index >= 15 is 0 Å². The maximum Gasteiger partial charge on any atom is 0.508 e.